The van der Waals surface area contributed by atoms with Gasteiger partial charge in [-0.05, 0) is 24.1 Å². The van der Waals surface area contributed by atoms with Crippen LogP contribution in [0.2, 0.25) is 0 Å². The largest absolute Gasteiger partial charge is 0.416 e. The molecule has 1 unspecified atom stereocenters. The summed E-state index contributed by atoms with van der Waals surface area (Å²) in [5.41, 5.74) is 5.53. The summed E-state index contributed by atoms with van der Waals surface area (Å²) in [5, 5.41) is 0. The number of hydrogen-bond acceptors (Lipinski definition) is 1. The van der Waals surface area contributed by atoms with E-state index >= 15 is 0 Å². The lowest BCUT2D eigenvalue weighted by molar-refractivity contribution is -0.137. The summed E-state index contributed by atoms with van der Waals surface area (Å²) in [6.07, 6.45) is -3.66. The Morgan fingerprint density at radius 3 is 2.50 bits per heavy atom. The van der Waals surface area contributed by atoms with Gasteiger partial charge in [-0.1, -0.05) is 19.1 Å². The fourth-order valence-corrected chi connectivity index (χ4v) is 1.18. The standard InChI is InChI=1S/C10H12F3N/c1-2-9(14)7-4-3-5-8(6-7)10(11,12)13/h3-6,9H,2,14H2,1H3. The third kappa shape index (κ3) is 2.48. The molecule has 0 saturated carbocycles. The average Bonchev–Trinajstić information content (AvgIpc) is 2.15. The van der Waals surface area contributed by atoms with Crippen LogP contribution >= 0.6 is 0 Å². The van der Waals surface area contributed by atoms with Crippen molar-refractivity contribution < 1.29 is 13.2 Å². The minimum atomic E-state index is -4.29. The molecule has 0 aromatic heterocycles. The van der Waals surface area contributed by atoms with Crippen molar-refractivity contribution in [2.75, 3.05) is 0 Å². The monoisotopic (exact) mass is 203 g/mol. The molecule has 0 amide bonds. The number of halogens is 3. The van der Waals surface area contributed by atoms with Crippen LogP contribution in [-0.2, 0) is 6.18 Å². The highest BCUT2D eigenvalue weighted by Crippen LogP contribution is 2.30. The topological polar surface area (TPSA) is 26.0 Å². The van der Waals surface area contributed by atoms with Crippen molar-refractivity contribution >= 4 is 0 Å². The summed E-state index contributed by atoms with van der Waals surface area (Å²) in [6.45, 7) is 1.84. The van der Waals surface area contributed by atoms with Gasteiger partial charge >= 0.3 is 6.18 Å². The molecular formula is C10H12F3N. The summed E-state index contributed by atoms with van der Waals surface area (Å²) in [4.78, 5) is 0. The number of hydrogen-bond donors (Lipinski definition) is 1. The van der Waals surface area contributed by atoms with Crippen molar-refractivity contribution in [1.82, 2.24) is 0 Å². The quantitative estimate of drug-likeness (QED) is 0.785. The van der Waals surface area contributed by atoms with Gasteiger partial charge in [0.25, 0.3) is 0 Å². The molecule has 1 aromatic carbocycles. The Morgan fingerprint density at radius 2 is 2.00 bits per heavy atom. The highest BCUT2D eigenvalue weighted by Gasteiger charge is 2.30. The van der Waals surface area contributed by atoms with Gasteiger partial charge in [-0.2, -0.15) is 13.2 Å². The second-order valence-electron chi connectivity index (χ2n) is 3.14. The second-order valence-corrected chi connectivity index (χ2v) is 3.14. The average molecular weight is 203 g/mol. The summed E-state index contributed by atoms with van der Waals surface area (Å²) in [5.74, 6) is 0. The van der Waals surface area contributed by atoms with Gasteiger partial charge in [-0.25, -0.2) is 0 Å². The van der Waals surface area contributed by atoms with Crippen molar-refractivity contribution in [2.45, 2.75) is 25.6 Å². The lowest BCUT2D eigenvalue weighted by Gasteiger charge is -2.12. The Balaban J connectivity index is 3.01. The molecular weight excluding hydrogens is 191 g/mol. The molecule has 0 fully saturated rings. The third-order valence-electron chi connectivity index (χ3n) is 2.08. The third-order valence-corrected chi connectivity index (χ3v) is 2.08. The van der Waals surface area contributed by atoms with E-state index in [9.17, 15) is 13.2 Å². The first-order valence-corrected chi connectivity index (χ1v) is 4.38. The molecule has 1 rings (SSSR count). The van der Waals surface area contributed by atoms with E-state index in [0.717, 1.165) is 12.1 Å². The van der Waals surface area contributed by atoms with Gasteiger partial charge in [0.1, 0.15) is 0 Å². The van der Waals surface area contributed by atoms with Crippen LogP contribution < -0.4 is 5.73 Å². The molecule has 0 heterocycles. The van der Waals surface area contributed by atoms with Crippen LogP contribution in [-0.4, -0.2) is 0 Å². The number of benzene rings is 1. The molecule has 0 aliphatic heterocycles. The van der Waals surface area contributed by atoms with Crippen molar-refractivity contribution in [3.63, 3.8) is 0 Å². The van der Waals surface area contributed by atoms with E-state index in [0.29, 0.717) is 12.0 Å². The van der Waals surface area contributed by atoms with Gasteiger partial charge in [0, 0.05) is 6.04 Å². The number of alkyl halides is 3. The zero-order valence-electron chi connectivity index (χ0n) is 7.81. The van der Waals surface area contributed by atoms with Crippen molar-refractivity contribution in [1.29, 1.82) is 0 Å². The van der Waals surface area contributed by atoms with Gasteiger partial charge < -0.3 is 5.73 Å². The molecule has 1 atom stereocenters. The van der Waals surface area contributed by atoms with Gasteiger partial charge in [-0.3, -0.25) is 0 Å². The van der Waals surface area contributed by atoms with Gasteiger partial charge in [0.15, 0.2) is 0 Å². The van der Waals surface area contributed by atoms with Crippen molar-refractivity contribution in [2.24, 2.45) is 5.73 Å². The van der Waals surface area contributed by atoms with E-state index in [-0.39, 0.29) is 6.04 Å². The van der Waals surface area contributed by atoms with Crippen LogP contribution in [0.15, 0.2) is 24.3 Å². The van der Waals surface area contributed by atoms with Crippen LogP contribution in [0.4, 0.5) is 13.2 Å². The van der Waals surface area contributed by atoms with E-state index in [1.807, 2.05) is 6.92 Å². The predicted molar refractivity (Wildman–Crippen MR) is 48.7 cm³/mol. The lowest BCUT2D eigenvalue weighted by Crippen LogP contribution is -2.11. The highest BCUT2D eigenvalue weighted by atomic mass is 19.4. The summed E-state index contributed by atoms with van der Waals surface area (Å²) in [6, 6.07) is 4.83. The lowest BCUT2D eigenvalue weighted by atomic mass is 10.0. The Labute approximate surface area is 80.7 Å². The van der Waals surface area contributed by atoms with Crippen molar-refractivity contribution in [3.05, 3.63) is 35.4 Å². The first-order valence-electron chi connectivity index (χ1n) is 4.38. The normalized spacial score (nSPS) is 14.1. The first-order chi connectivity index (χ1) is 6.45. The van der Waals surface area contributed by atoms with Gasteiger partial charge in [0.2, 0.25) is 0 Å². The summed E-state index contributed by atoms with van der Waals surface area (Å²) >= 11 is 0. The zero-order valence-corrected chi connectivity index (χ0v) is 7.81. The van der Waals surface area contributed by atoms with Crippen LogP contribution in [0.3, 0.4) is 0 Å². The molecule has 4 heteroatoms. The predicted octanol–water partition coefficient (Wildman–Crippen LogP) is 3.12. The minimum absolute atomic E-state index is 0.322. The maximum absolute atomic E-state index is 12.3. The SMILES string of the molecule is CCC(N)c1cccc(C(F)(F)F)c1. The Hall–Kier alpha value is -1.03. The van der Waals surface area contributed by atoms with E-state index in [2.05, 4.69) is 0 Å². The molecule has 2 N–H and O–H groups in total. The smallest absolute Gasteiger partial charge is 0.324 e. The molecule has 0 radical (unpaired) electrons. The fourth-order valence-electron chi connectivity index (χ4n) is 1.18. The molecule has 1 aromatic rings. The van der Waals surface area contributed by atoms with E-state index in [1.165, 1.54) is 6.07 Å². The Kier molecular flexibility index (Phi) is 3.16. The van der Waals surface area contributed by atoms with Gasteiger partial charge in [-0.15, -0.1) is 0 Å². The Bertz CT molecular complexity index is 306. The number of nitrogens with two attached hydrogens (primary N) is 1. The summed E-state index contributed by atoms with van der Waals surface area (Å²) in [7, 11) is 0. The molecule has 0 spiro atoms. The van der Waals surface area contributed by atoms with E-state index in [1.54, 1.807) is 6.07 Å². The van der Waals surface area contributed by atoms with Crippen molar-refractivity contribution in [3.8, 4) is 0 Å². The Morgan fingerprint density at radius 1 is 1.36 bits per heavy atom. The minimum Gasteiger partial charge on any atom is -0.324 e. The fraction of sp³-hybridized carbons (Fsp3) is 0.400. The maximum Gasteiger partial charge on any atom is 0.416 e. The van der Waals surface area contributed by atoms with Crippen LogP contribution in [0.5, 0.6) is 0 Å². The van der Waals surface area contributed by atoms with Gasteiger partial charge in [0.05, 0.1) is 5.56 Å². The molecule has 0 bridgehead atoms. The molecule has 0 aliphatic rings. The number of rotatable bonds is 2. The molecule has 0 aliphatic carbocycles. The molecule has 14 heavy (non-hydrogen) atoms. The second kappa shape index (κ2) is 4.00. The van der Waals surface area contributed by atoms with Crippen LogP contribution in [0.25, 0.3) is 0 Å². The first kappa shape index (κ1) is 11.0. The van der Waals surface area contributed by atoms with Crippen LogP contribution in [0.1, 0.15) is 30.5 Å². The highest BCUT2D eigenvalue weighted by molar-refractivity contribution is 5.27. The van der Waals surface area contributed by atoms with Crippen LogP contribution in [0, 0.1) is 0 Å². The van der Waals surface area contributed by atoms with E-state index in [4.69, 9.17) is 5.73 Å². The summed E-state index contributed by atoms with van der Waals surface area (Å²) < 4.78 is 36.9. The molecule has 78 valence electrons. The zero-order chi connectivity index (χ0) is 10.8. The molecule has 0 saturated heterocycles. The van der Waals surface area contributed by atoms with E-state index < -0.39 is 11.7 Å². The molecule has 1 nitrogen and oxygen atoms in total. The maximum atomic E-state index is 12.3.